The number of allylic oxidation sites excluding steroid dienone is 2. The van der Waals surface area contributed by atoms with Gasteiger partial charge in [-0.05, 0) is 48.5 Å². The summed E-state index contributed by atoms with van der Waals surface area (Å²) in [5, 5.41) is 10.9. The number of phenolic OH excluding ortho intramolecular Hbond substituents is 1. The van der Waals surface area contributed by atoms with E-state index in [9.17, 15) is 9.90 Å². The molecule has 4 rings (SSSR count). The monoisotopic (exact) mass is 577 g/mol. The van der Waals surface area contributed by atoms with Gasteiger partial charge in [-0.15, -0.1) is 0 Å². The predicted molar refractivity (Wildman–Crippen MR) is 169 cm³/mol. The number of phenols is 1. The number of rotatable bonds is 11. The number of nitrogens with two attached hydrogens (primary N) is 1. The number of hydrogen-bond acceptors (Lipinski definition) is 6. The number of hydrogen-bond donors (Lipinski definition) is 3. The molecule has 4 N–H and O–H groups in total. The quantitative estimate of drug-likeness (QED) is 0.262. The molecule has 1 saturated heterocycles. The molecule has 0 saturated carbocycles. The van der Waals surface area contributed by atoms with Crippen LogP contribution in [0.2, 0.25) is 5.02 Å². The summed E-state index contributed by atoms with van der Waals surface area (Å²) in [6, 6.07) is 11.0. The number of piperazine rings is 1. The summed E-state index contributed by atoms with van der Waals surface area (Å²) >= 11 is 6.46. The van der Waals surface area contributed by atoms with Crippen molar-refractivity contribution in [3.63, 3.8) is 0 Å². The Morgan fingerprint density at radius 2 is 1.88 bits per heavy atom. The van der Waals surface area contributed by atoms with Crippen molar-refractivity contribution in [3.8, 4) is 22.6 Å². The van der Waals surface area contributed by atoms with Gasteiger partial charge in [0.25, 0.3) is 5.91 Å². The molecule has 2 heterocycles. The normalized spacial score (nSPS) is 14.5. The van der Waals surface area contributed by atoms with Crippen LogP contribution in [0.4, 0.5) is 5.82 Å². The number of carbonyl (C=O) groups is 1. The minimum atomic E-state index is -0.242. The van der Waals surface area contributed by atoms with Crippen molar-refractivity contribution in [2.45, 2.75) is 13.8 Å². The van der Waals surface area contributed by atoms with Gasteiger partial charge in [0, 0.05) is 62.2 Å². The van der Waals surface area contributed by atoms with Gasteiger partial charge >= 0.3 is 0 Å². The molecule has 8 nitrogen and oxygen atoms in total. The van der Waals surface area contributed by atoms with Crippen molar-refractivity contribution < 1.29 is 14.6 Å². The van der Waals surface area contributed by atoms with E-state index in [2.05, 4.69) is 35.2 Å². The van der Waals surface area contributed by atoms with Gasteiger partial charge in [-0.3, -0.25) is 9.69 Å². The van der Waals surface area contributed by atoms with Gasteiger partial charge in [-0.25, -0.2) is 0 Å². The SMILES string of the molecule is C=C/C(=C\c1c(-c2ccccc2OC)c[nH]c1N)c1cc(Cl)c(O)c(C(=O)N2CCN(CCN(CC)CC)CC2)c1. The molecule has 1 amide bonds. The van der Waals surface area contributed by atoms with Gasteiger partial charge in [-0.2, -0.15) is 0 Å². The molecule has 1 aliphatic rings. The van der Waals surface area contributed by atoms with Gasteiger partial charge < -0.3 is 30.4 Å². The average molecular weight is 578 g/mol. The zero-order valence-corrected chi connectivity index (χ0v) is 24.9. The molecule has 41 heavy (non-hydrogen) atoms. The Balaban J connectivity index is 1.59. The smallest absolute Gasteiger partial charge is 0.257 e. The number of carbonyl (C=O) groups excluding carboxylic acids is 1. The van der Waals surface area contributed by atoms with Crippen molar-refractivity contribution in [1.82, 2.24) is 19.7 Å². The summed E-state index contributed by atoms with van der Waals surface area (Å²) in [4.78, 5) is 23.2. The molecular weight excluding hydrogens is 538 g/mol. The van der Waals surface area contributed by atoms with E-state index < -0.39 is 0 Å². The number of benzene rings is 2. The molecule has 0 spiro atoms. The lowest BCUT2D eigenvalue weighted by Crippen LogP contribution is -2.50. The lowest BCUT2D eigenvalue weighted by Gasteiger charge is -2.35. The van der Waals surface area contributed by atoms with Crippen LogP contribution in [0, 0.1) is 0 Å². The number of methoxy groups -OCH3 is 1. The van der Waals surface area contributed by atoms with E-state index in [0.29, 0.717) is 30.0 Å². The molecule has 0 aliphatic carbocycles. The molecule has 0 unspecified atom stereocenters. The maximum absolute atomic E-state index is 13.6. The predicted octanol–water partition coefficient (Wildman–Crippen LogP) is 5.46. The largest absolute Gasteiger partial charge is 0.506 e. The fourth-order valence-corrected chi connectivity index (χ4v) is 5.43. The number of nitrogens with one attached hydrogen (secondary N) is 1. The first-order chi connectivity index (χ1) is 19.8. The van der Waals surface area contributed by atoms with Crippen LogP contribution in [0.3, 0.4) is 0 Å². The Morgan fingerprint density at radius 3 is 2.54 bits per heavy atom. The van der Waals surface area contributed by atoms with Crippen LogP contribution in [0.15, 0.2) is 55.3 Å². The number of anilines is 1. The van der Waals surface area contributed by atoms with Crippen LogP contribution >= 0.6 is 11.6 Å². The minimum absolute atomic E-state index is 0.100. The molecule has 0 bridgehead atoms. The maximum Gasteiger partial charge on any atom is 0.257 e. The molecule has 9 heteroatoms. The average Bonchev–Trinajstić information content (AvgIpc) is 3.36. The number of amides is 1. The van der Waals surface area contributed by atoms with Crippen molar-refractivity contribution in [3.05, 3.63) is 77.0 Å². The second-order valence-electron chi connectivity index (χ2n) is 10.0. The van der Waals surface area contributed by atoms with Gasteiger partial charge in [0.2, 0.25) is 0 Å². The van der Waals surface area contributed by atoms with E-state index in [-0.39, 0.29) is 22.2 Å². The Labute approximate surface area is 247 Å². The molecule has 218 valence electrons. The molecule has 3 aromatic rings. The van der Waals surface area contributed by atoms with Gasteiger partial charge in [-0.1, -0.05) is 56.3 Å². The molecule has 2 aromatic carbocycles. The highest BCUT2D eigenvalue weighted by molar-refractivity contribution is 6.33. The Hall–Kier alpha value is -3.72. The lowest BCUT2D eigenvalue weighted by atomic mass is 9.96. The van der Waals surface area contributed by atoms with Crippen LogP contribution in [0.5, 0.6) is 11.5 Å². The Morgan fingerprint density at radius 1 is 1.17 bits per heavy atom. The molecule has 0 atom stereocenters. The number of aromatic hydroxyl groups is 1. The van der Waals surface area contributed by atoms with E-state index in [1.54, 1.807) is 30.2 Å². The van der Waals surface area contributed by atoms with Crippen molar-refractivity contribution in [2.24, 2.45) is 0 Å². The fourth-order valence-electron chi connectivity index (χ4n) is 5.21. The number of nitrogens with zero attached hydrogens (tertiary/aromatic N) is 3. The molecule has 1 fully saturated rings. The number of ether oxygens (including phenoxy) is 1. The maximum atomic E-state index is 13.6. The topological polar surface area (TPSA) is 98.1 Å². The number of aromatic amines is 1. The summed E-state index contributed by atoms with van der Waals surface area (Å²) in [6.07, 6.45) is 5.41. The third kappa shape index (κ3) is 6.78. The highest BCUT2D eigenvalue weighted by Crippen LogP contribution is 2.38. The highest BCUT2D eigenvalue weighted by atomic mass is 35.5. The van der Waals surface area contributed by atoms with E-state index in [4.69, 9.17) is 22.1 Å². The summed E-state index contributed by atoms with van der Waals surface area (Å²) in [6.45, 7) is 15.1. The number of aromatic nitrogens is 1. The zero-order chi connectivity index (χ0) is 29.5. The van der Waals surface area contributed by atoms with Gasteiger partial charge in [0.05, 0.1) is 17.7 Å². The van der Waals surface area contributed by atoms with Crippen LogP contribution in [-0.4, -0.2) is 90.2 Å². The van der Waals surface area contributed by atoms with Crippen LogP contribution in [-0.2, 0) is 0 Å². The third-order valence-corrected chi connectivity index (χ3v) is 8.07. The third-order valence-electron chi connectivity index (χ3n) is 7.78. The lowest BCUT2D eigenvalue weighted by molar-refractivity contribution is 0.0622. The van der Waals surface area contributed by atoms with E-state index >= 15 is 0 Å². The number of nitrogen functional groups attached to an aromatic ring is 1. The second kappa shape index (κ2) is 13.8. The van der Waals surface area contributed by atoms with Crippen LogP contribution in [0.1, 0.15) is 35.3 Å². The zero-order valence-electron chi connectivity index (χ0n) is 24.1. The molecular formula is C32H40ClN5O3. The number of likely N-dealkylation sites (N-methyl/N-ethyl adjacent to an activating group) is 1. The van der Waals surface area contributed by atoms with E-state index in [1.165, 1.54) is 0 Å². The Kier molecular flexibility index (Phi) is 10.2. The summed E-state index contributed by atoms with van der Waals surface area (Å²) in [5.41, 5.74) is 10.4. The summed E-state index contributed by atoms with van der Waals surface area (Å²) < 4.78 is 5.56. The van der Waals surface area contributed by atoms with Crippen molar-refractivity contribution in [2.75, 3.05) is 65.2 Å². The molecule has 1 aliphatic heterocycles. The first-order valence-corrected chi connectivity index (χ1v) is 14.4. The summed E-state index contributed by atoms with van der Waals surface area (Å²) in [7, 11) is 1.63. The number of halogens is 1. The second-order valence-corrected chi connectivity index (χ2v) is 10.5. The van der Waals surface area contributed by atoms with Gasteiger partial charge in [0.1, 0.15) is 17.3 Å². The van der Waals surface area contributed by atoms with Crippen molar-refractivity contribution >= 4 is 35.0 Å². The standard InChI is InChI=1S/C32H40ClN5O3/c1-5-22(18-25-27(21-35-31(25)34)24-10-8-9-11-29(24)41-4)23-19-26(30(39)28(33)20-23)32(40)38-16-14-37(15-17-38)13-12-36(6-2)7-3/h5,8-11,18-21,35,39H,1,6-7,12-17,34H2,2-4H3/b22-18+. The number of para-hydroxylation sites is 1. The number of H-pyrrole nitrogens is 1. The van der Waals surface area contributed by atoms with Crippen molar-refractivity contribution in [1.29, 1.82) is 0 Å². The Bertz CT molecular complexity index is 1400. The highest BCUT2D eigenvalue weighted by Gasteiger charge is 2.26. The van der Waals surface area contributed by atoms with E-state index in [0.717, 1.165) is 61.7 Å². The van der Waals surface area contributed by atoms with Gasteiger partial charge in [0.15, 0.2) is 0 Å². The fraction of sp³-hybridized carbons (Fsp3) is 0.344. The van der Waals surface area contributed by atoms with E-state index in [1.807, 2.05) is 36.5 Å². The minimum Gasteiger partial charge on any atom is -0.506 e. The van der Waals surface area contributed by atoms with Crippen LogP contribution in [0.25, 0.3) is 22.8 Å². The van der Waals surface area contributed by atoms with Crippen LogP contribution < -0.4 is 10.5 Å². The molecule has 0 radical (unpaired) electrons. The first kappa shape index (κ1) is 30.2. The first-order valence-electron chi connectivity index (χ1n) is 14.0. The molecule has 1 aromatic heterocycles. The summed E-state index contributed by atoms with van der Waals surface area (Å²) in [5.74, 6) is 0.734.